The second kappa shape index (κ2) is 6.04. The molecular formula is C15H24N2O2. The molecule has 19 heavy (non-hydrogen) atoms. The summed E-state index contributed by atoms with van der Waals surface area (Å²) >= 11 is 0. The smallest absolute Gasteiger partial charge is 0.339 e. The molecule has 106 valence electrons. The molecule has 1 N–H and O–H groups in total. The monoisotopic (exact) mass is 264 g/mol. The number of hydrogen-bond donors (Lipinski definition) is 1. The van der Waals surface area contributed by atoms with E-state index >= 15 is 0 Å². The molecule has 1 aromatic heterocycles. The van der Waals surface area contributed by atoms with Crippen molar-refractivity contribution < 1.29 is 9.90 Å². The van der Waals surface area contributed by atoms with E-state index in [1.807, 2.05) is 19.9 Å². The Kier molecular flexibility index (Phi) is 4.92. The number of anilines is 1. The van der Waals surface area contributed by atoms with Gasteiger partial charge in [-0.05, 0) is 45.2 Å². The third-order valence-corrected chi connectivity index (χ3v) is 3.00. The Morgan fingerprint density at radius 2 is 1.89 bits per heavy atom. The highest BCUT2D eigenvalue weighted by atomic mass is 16.4. The average molecular weight is 264 g/mol. The Bertz CT molecular complexity index is 467. The van der Waals surface area contributed by atoms with E-state index < -0.39 is 5.97 Å². The molecule has 1 aromatic rings. The maximum absolute atomic E-state index is 11.5. The summed E-state index contributed by atoms with van der Waals surface area (Å²) < 4.78 is 0. The van der Waals surface area contributed by atoms with Crippen LogP contribution in [0.5, 0.6) is 0 Å². The standard InChI is InChI=1S/C15H24N2O2/c1-9(2)8-17(10(3)4)14-13(15(18)19)11(5)7-12(6)16-14/h7,9-10H,8H2,1-6H3,(H,18,19). The molecule has 0 radical (unpaired) electrons. The van der Waals surface area contributed by atoms with E-state index in [-0.39, 0.29) is 6.04 Å². The highest BCUT2D eigenvalue weighted by Crippen LogP contribution is 2.25. The number of rotatable bonds is 5. The van der Waals surface area contributed by atoms with Crippen molar-refractivity contribution in [1.82, 2.24) is 4.98 Å². The predicted molar refractivity (Wildman–Crippen MR) is 78.0 cm³/mol. The fourth-order valence-corrected chi connectivity index (χ4v) is 2.22. The molecule has 1 rings (SSSR count). The van der Waals surface area contributed by atoms with Gasteiger partial charge in [-0.2, -0.15) is 0 Å². The van der Waals surface area contributed by atoms with Crippen LogP contribution in [0.1, 0.15) is 49.3 Å². The first kappa shape index (κ1) is 15.5. The quantitative estimate of drug-likeness (QED) is 0.886. The third kappa shape index (κ3) is 3.69. The number of aromatic carboxylic acids is 1. The first-order chi connectivity index (χ1) is 8.73. The molecule has 0 aliphatic rings. The van der Waals surface area contributed by atoms with Gasteiger partial charge in [-0.15, -0.1) is 0 Å². The Labute approximate surface area is 115 Å². The van der Waals surface area contributed by atoms with Crippen molar-refractivity contribution in [3.63, 3.8) is 0 Å². The molecule has 0 aliphatic carbocycles. The van der Waals surface area contributed by atoms with Gasteiger partial charge in [0.05, 0.1) is 0 Å². The topological polar surface area (TPSA) is 53.4 Å². The van der Waals surface area contributed by atoms with Crippen molar-refractivity contribution in [1.29, 1.82) is 0 Å². The molecule has 0 amide bonds. The van der Waals surface area contributed by atoms with Crippen LogP contribution in [0, 0.1) is 19.8 Å². The van der Waals surface area contributed by atoms with Gasteiger partial charge in [0.2, 0.25) is 0 Å². The highest BCUT2D eigenvalue weighted by Gasteiger charge is 2.23. The summed E-state index contributed by atoms with van der Waals surface area (Å²) in [5.74, 6) is 0.134. The van der Waals surface area contributed by atoms with Crippen LogP contribution < -0.4 is 4.90 Å². The van der Waals surface area contributed by atoms with Crippen LogP contribution in [0.2, 0.25) is 0 Å². The molecule has 0 saturated heterocycles. The number of aromatic nitrogens is 1. The zero-order chi connectivity index (χ0) is 14.7. The molecule has 0 fully saturated rings. The summed E-state index contributed by atoms with van der Waals surface area (Å²) in [6.45, 7) is 12.9. The predicted octanol–water partition coefficient (Wildman–Crippen LogP) is 3.27. The van der Waals surface area contributed by atoms with E-state index in [0.29, 0.717) is 17.3 Å². The molecule has 0 saturated carbocycles. The van der Waals surface area contributed by atoms with Crippen molar-refractivity contribution in [3.05, 3.63) is 22.9 Å². The minimum Gasteiger partial charge on any atom is -0.478 e. The largest absolute Gasteiger partial charge is 0.478 e. The summed E-state index contributed by atoms with van der Waals surface area (Å²) in [6.07, 6.45) is 0. The fraction of sp³-hybridized carbons (Fsp3) is 0.600. The highest BCUT2D eigenvalue weighted by molar-refractivity contribution is 5.95. The lowest BCUT2D eigenvalue weighted by atomic mass is 10.1. The average Bonchev–Trinajstić information content (AvgIpc) is 2.23. The van der Waals surface area contributed by atoms with Crippen LogP contribution in [-0.2, 0) is 0 Å². The van der Waals surface area contributed by atoms with E-state index in [1.165, 1.54) is 0 Å². The summed E-state index contributed by atoms with van der Waals surface area (Å²) in [5.41, 5.74) is 1.94. The number of pyridine rings is 1. The second-order valence-corrected chi connectivity index (χ2v) is 5.72. The van der Waals surface area contributed by atoms with Crippen molar-refractivity contribution >= 4 is 11.8 Å². The number of carbonyl (C=O) groups is 1. The maximum Gasteiger partial charge on any atom is 0.339 e. The fourth-order valence-electron chi connectivity index (χ4n) is 2.22. The summed E-state index contributed by atoms with van der Waals surface area (Å²) in [6, 6.07) is 2.04. The van der Waals surface area contributed by atoms with Crippen LogP contribution >= 0.6 is 0 Å². The Morgan fingerprint density at radius 1 is 1.32 bits per heavy atom. The van der Waals surface area contributed by atoms with Crippen LogP contribution in [0.3, 0.4) is 0 Å². The first-order valence-corrected chi connectivity index (χ1v) is 6.72. The van der Waals surface area contributed by atoms with Gasteiger partial charge >= 0.3 is 5.97 Å². The van der Waals surface area contributed by atoms with Gasteiger partial charge in [0.15, 0.2) is 0 Å². The van der Waals surface area contributed by atoms with Crippen LogP contribution in [0.4, 0.5) is 5.82 Å². The van der Waals surface area contributed by atoms with Gasteiger partial charge in [-0.1, -0.05) is 13.8 Å². The lowest BCUT2D eigenvalue weighted by Gasteiger charge is -2.31. The molecule has 0 atom stereocenters. The number of aryl methyl sites for hydroxylation is 2. The number of hydrogen-bond acceptors (Lipinski definition) is 3. The zero-order valence-electron chi connectivity index (χ0n) is 12.7. The number of carboxylic acid groups (broad SMARTS) is 1. The van der Waals surface area contributed by atoms with E-state index in [1.54, 1.807) is 0 Å². The van der Waals surface area contributed by atoms with Gasteiger partial charge in [-0.3, -0.25) is 0 Å². The minimum atomic E-state index is -0.908. The summed E-state index contributed by atoms with van der Waals surface area (Å²) in [5, 5.41) is 9.44. The van der Waals surface area contributed by atoms with Crippen LogP contribution in [0.15, 0.2) is 6.07 Å². The summed E-state index contributed by atoms with van der Waals surface area (Å²) in [7, 11) is 0. The molecule has 4 heteroatoms. The SMILES string of the molecule is Cc1cc(C)c(C(=O)O)c(N(CC(C)C)C(C)C)n1. The van der Waals surface area contributed by atoms with E-state index in [2.05, 4.69) is 37.6 Å². The minimum absolute atomic E-state index is 0.217. The van der Waals surface area contributed by atoms with Gasteiger partial charge < -0.3 is 10.0 Å². The lowest BCUT2D eigenvalue weighted by Crippen LogP contribution is -2.36. The molecule has 0 aromatic carbocycles. The Hall–Kier alpha value is -1.58. The molecule has 0 aliphatic heterocycles. The normalized spacial score (nSPS) is 11.2. The maximum atomic E-state index is 11.5. The second-order valence-electron chi connectivity index (χ2n) is 5.72. The van der Waals surface area contributed by atoms with Crippen molar-refractivity contribution in [2.45, 2.75) is 47.6 Å². The van der Waals surface area contributed by atoms with Crippen molar-refractivity contribution in [2.75, 3.05) is 11.4 Å². The van der Waals surface area contributed by atoms with Crippen LogP contribution in [-0.4, -0.2) is 28.6 Å². The Balaban J connectivity index is 3.39. The molecule has 1 heterocycles. The molecular weight excluding hydrogens is 240 g/mol. The molecule has 0 spiro atoms. The Morgan fingerprint density at radius 3 is 2.32 bits per heavy atom. The van der Waals surface area contributed by atoms with E-state index in [0.717, 1.165) is 17.8 Å². The lowest BCUT2D eigenvalue weighted by molar-refractivity contribution is 0.0696. The van der Waals surface area contributed by atoms with E-state index in [9.17, 15) is 9.90 Å². The zero-order valence-corrected chi connectivity index (χ0v) is 12.7. The first-order valence-electron chi connectivity index (χ1n) is 6.72. The third-order valence-electron chi connectivity index (χ3n) is 3.00. The van der Waals surface area contributed by atoms with Gasteiger partial charge in [0.25, 0.3) is 0 Å². The van der Waals surface area contributed by atoms with E-state index in [4.69, 9.17) is 0 Å². The summed E-state index contributed by atoms with van der Waals surface area (Å²) in [4.78, 5) is 18.1. The van der Waals surface area contributed by atoms with Gasteiger partial charge in [0, 0.05) is 18.3 Å². The van der Waals surface area contributed by atoms with Crippen molar-refractivity contribution in [2.24, 2.45) is 5.92 Å². The number of carboxylic acids is 1. The van der Waals surface area contributed by atoms with Gasteiger partial charge in [0.1, 0.15) is 11.4 Å². The molecule has 0 unspecified atom stereocenters. The van der Waals surface area contributed by atoms with Gasteiger partial charge in [-0.25, -0.2) is 9.78 Å². The van der Waals surface area contributed by atoms with Crippen molar-refractivity contribution in [3.8, 4) is 0 Å². The molecule has 0 bridgehead atoms. The molecule has 4 nitrogen and oxygen atoms in total. The van der Waals surface area contributed by atoms with Crippen LogP contribution in [0.25, 0.3) is 0 Å². The number of nitrogens with zero attached hydrogens (tertiary/aromatic N) is 2.